The molecule has 1 N–H and O–H groups in total. The highest BCUT2D eigenvalue weighted by atomic mass is 35.5. The maximum atomic E-state index is 11.8. The molecule has 0 aliphatic heterocycles. The number of nitrogens with one attached hydrogen (secondary N) is 1. The number of hydrogen-bond donors (Lipinski definition) is 1. The second kappa shape index (κ2) is 8.15. The van der Waals surface area contributed by atoms with E-state index in [1.807, 2.05) is 19.9 Å². The molecule has 3 nitrogen and oxygen atoms in total. The van der Waals surface area contributed by atoms with Crippen molar-refractivity contribution in [2.24, 2.45) is 5.92 Å². The Labute approximate surface area is 126 Å². The summed E-state index contributed by atoms with van der Waals surface area (Å²) in [6.45, 7) is 8.32. The van der Waals surface area contributed by atoms with E-state index >= 15 is 0 Å². The molecule has 0 heterocycles. The molecule has 4 heteroatoms. The number of rotatable bonds is 7. The second-order valence-electron chi connectivity index (χ2n) is 5.64. The zero-order valence-electron chi connectivity index (χ0n) is 12.7. The molecule has 0 saturated heterocycles. The van der Waals surface area contributed by atoms with Crippen molar-refractivity contribution in [3.05, 3.63) is 28.8 Å². The fourth-order valence-corrected chi connectivity index (χ4v) is 1.95. The van der Waals surface area contributed by atoms with Crippen molar-refractivity contribution in [1.82, 2.24) is 5.32 Å². The van der Waals surface area contributed by atoms with Crippen molar-refractivity contribution >= 4 is 17.5 Å². The van der Waals surface area contributed by atoms with Crippen molar-refractivity contribution in [1.29, 1.82) is 0 Å². The Balaban J connectivity index is 2.33. The maximum Gasteiger partial charge on any atom is 0.258 e. The molecule has 1 aromatic carbocycles. The zero-order chi connectivity index (χ0) is 15.1. The first kappa shape index (κ1) is 16.8. The van der Waals surface area contributed by atoms with Gasteiger partial charge in [0, 0.05) is 11.1 Å². The van der Waals surface area contributed by atoms with Gasteiger partial charge in [-0.05, 0) is 56.4 Å². The Bertz CT molecular complexity index is 446. The van der Waals surface area contributed by atoms with Gasteiger partial charge in [-0.3, -0.25) is 4.79 Å². The summed E-state index contributed by atoms with van der Waals surface area (Å²) in [6.07, 6.45) is 2.10. The first-order valence-corrected chi connectivity index (χ1v) is 7.44. The van der Waals surface area contributed by atoms with Crippen molar-refractivity contribution in [2.45, 2.75) is 46.6 Å². The van der Waals surface area contributed by atoms with E-state index in [2.05, 4.69) is 19.2 Å². The van der Waals surface area contributed by atoms with Crippen LogP contribution in [0.1, 0.15) is 39.2 Å². The van der Waals surface area contributed by atoms with Gasteiger partial charge >= 0.3 is 0 Å². The van der Waals surface area contributed by atoms with E-state index in [1.165, 1.54) is 0 Å². The van der Waals surface area contributed by atoms with Crippen LogP contribution in [-0.4, -0.2) is 18.6 Å². The summed E-state index contributed by atoms with van der Waals surface area (Å²) < 4.78 is 5.46. The summed E-state index contributed by atoms with van der Waals surface area (Å²) in [7, 11) is 0. The van der Waals surface area contributed by atoms with Gasteiger partial charge in [-0.25, -0.2) is 0 Å². The molecule has 1 unspecified atom stereocenters. The van der Waals surface area contributed by atoms with Gasteiger partial charge in [-0.1, -0.05) is 25.4 Å². The third kappa shape index (κ3) is 6.29. The van der Waals surface area contributed by atoms with E-state index in [0.717, 1.165) is 18.4 Å². The topological polar surface area (TPSA) is 38.3 Å². The van der Waals surface area contributed by atoms with Crippen LogP contribution in [0, 0.1) is 12.8 Å². The number of amides is 1. The first-order valence-electron chi connectivity index (χ1n) is 7.06. The second-order valence-corrected chi connectivity index (χ2v) is 6.05. The van der Waals surface area contributed by atoms with E-state index in [9.17, 15) is 4.79 Å². The molecular weight excluding hydrogens is 274 g/mol. The van der Waals surface area contributed by atoms with E-state index in [4.69, 9.17) is 16.3 Å². The average molecular weight is 298 g/mol. The summed E-state index contributed by atoms with van der Waals surface area (Å²) in [5.74, 6) is 1.23. The van der Waals surface area contributed by atoms with Crippen molar-refractivity contribution in [2.75, 3.05) is 6.61 Å². The van der Waals surface area contributed by atoms with Gasteiger partial charge < -0.3 is 10.1 Å². The van der Waals surface area contributed by atoms with Gasteiger partial charge in [-0.2, -0.15) is 0 Å². The van der Waals surface area contributed by atoms with Crippen molar-refractivity contribution in [3.8, 4) is 5.75 Å². The molecule has 0 saturated carbocycles. The van der Waals surface area contributed by atoms with Gasteiger partial charge in [0.2, 0.25) is 0 Å². The summed E-state index contributed by atoms with van der Waals surface area (Å²) >= 11 is 5.94. The van der Waals surface area contributed by atoms with Crippen LogP contribution in [0.15, 0.2) is 18.2 Å². The van der Waals surface area contributed by atoms with Gasteiger partial charge in [0.25, 0.3) is 5.91 Å². The fraction of sp³-hybridized carbons (Fsp3) is 0.562. The monoisotopic (exact) mass is 297 g/mol. The van der Waals surface area contributed by atoms with Crippen LogP contribution in [0.4, 0.5) is 0 Å². The number of ether oxygens (including phenoxy) is 1. The lowest BCUT2D eigenvalue weighted by Gasteiger charge is -2.15. The van der Waals surface area contributed by atoms with Crippen LogP contribution in [0.5, 0.6) is 5.75 Å². The smallest absolute Gasteiger partial charge is 0.258 e. The fourth-order valence-electron chi connectivity index (χ4n) is 1.83. The Morgan fingerprint density at radius 3 is 2.60 bits per heavy atom. The molecule has 0 fully saturated rings. The lowest BCUT2D eigenvalue weighted by molar-refractivity contribution is -0.123. The minimum absolute atomic E-state index is 0.0348. The average Bonchev–Trinajstić information content (AvgIpc) is 2.38. The van der Waals surface area contributed by atoms with Crippen LogP contribution in [-0.2, 0) is 4.79 Å². The van der Waals surface area contributed by atoms with Crippen molar-refractivity contribution < 1.29 is 9.53 Å². The maximum absolute atomic E-state index is 11.8. The summed E-state index contributed by atoms with van der Waals surface area (Å²) in [5.41, 5.74) is 0.940. The molecule has 20 heavy (non-hydrogen) atoms. The number of benzene rings is 1. The lowest BCUT2D eigenvalue weighted by Crippen LogP contribution is -2.36. The third-order valence-corrected chi connectivity index (χ3v) is 3.51. The Hall–Kier alpha value is -1.22. The van der Waals surface area contributed by atoms with Crippen LogP contribution >= 0.6 is 11.6 Å². The molecule has 1 aromatic rings. The van der Waals surface area contributed by atoms with E-state index in [1.54, 1.807) is 12.1 Å². The summed E-state index contributed by atoms with van der Waals surface area (Å²) in [6, 6.07) is 5.55. The zero-order valence-corrected chi connectivity index (χ0v) is 13.5. The highest BCUT2D eigenvalue weighted by Crippen LogP contribution is 2.20. The largest absolute Gasteiger partial charge is 0.484 e. The third-order valence-electron chi connectivity index (χ3n) is 3.08. The Morgan fingerprint density at radius 1 is 1.30 bits per heavy atom. The molecule has 1 atom stereocenters. The molecule has 112 valence electrons. The number of halogens is 1. The minimum atomic E-state index is -0.0890. The Morgan fingerprint density at radius 2 is 2.00 bits per heavy atom. The summed E-state index contributed by atoms with van der Waals surface area (Å²) in [4.78, 5) is 11.8. The normalized spacial score (nSPS) is 12.3. The molecule has 1 amide bonds. The predicted octanol–water partition coefficient (Wildman–Crippen LogP) is 3.97. The summed E-state index contributed by atoms with van der Waals surface area (Å²) in [5, 5.41) is 3.64. The molecule has 0 aliphatic carbocycles. The van der Waals surface area contributed by atoms with Gasteiger partial charge in [0.05, 0.1) is 0 Å². The molecule has 0 spiro atoms. The molecular formula is C16H24ClNO2. The van der Waals surface area contributed by atoms with Gasteiger partial charge in [0.15, 0.2) is 6.61 Å². The van der Waals surface area contributed by atoms with Crippen molar-refractivity contribution in [3.63, 3.8) is 0 Å². The Kier molecular flexibility index (Phi) is 6.86. The van der Waals surface area contributed by atoms with E-state index in [-0.39, 0.29) is 18.6 Å². The lowest BCUT2D eigenvalue weighted by atomic mass is 10.0. The van der Waals surface area contributed by atoms with Gasteiger partial charge in [-0.15, -0.1) is 0 Å². The molecule has 0 aromatic heterocycles. The van der Waals surface area contributed by atoms with Crippen LogP contribution in [0.2, 0.25) is 5.02 Å². The van der Waals surface area contributed by atoms with Crippen LogP contribution < -0.4 is 10.1 Å². The molecule has 0 aliphatic rings. The molecule has 1 rings (SSSR count). The van der Waals surface area contributed by atoms with Gasteiger partial charge in [0.1, 0.15) is 5.75 Å². The minimum Gasteiger partial charge on any atom is -0.484 e. The number of aryl methyl sites for hydroxylation is 1. The van der Waals surface area contributed by atoms with E-state index < -0.39 is 0 Å². The highest BCUT2D eigenvalue weighted by Gasteiger charge is 2.09. The number of carbonyl (C=O) groups is 1. The van der Waals surface area contributed by atoms with Crippen LogP contribution in [0.25, 0.3) is 0 Å². The standard InChI is InChI=1S/C16H24ClNO2/c1-11(2)5-6-13(4)18-16(19)10-20-14-7-8-15(17)12(3)9-14/h7-9,11,13H,5-6,10H2,1-4H3,(H,18,19). The molecule has 0 radical (unpaired) electrons. The predicted molar refractivity (Wildman–Crippen MR) is 83.4 cm³/mol. The first-order chi connectivity index (χ1) is 9.38. The SMILES string of the molecule is Cc1cc(OCC(=O)NC(C)CCC(C)C)ccc1Cl. The molecule has 0 bridgehead atoms. The van der Waals surface area contributed by atoms with E-state index in [0.29, 0.717) is 16.7 Å². The quantitative estimate of drug-likeness (QED) is 0.827. The number of hydrogen-bond acceptors (Lipinski definition) is 2. The highest BCUT2D eigenvalue weighted by molar-refractivity contribution is 6.31. The van der Waals surface area contributed by atoms with Crippen LogP contribution in [0.3, 0.4) is 0 Å². The number of carbonyl (C=O) groups excluding carboxylic acids is 1.